The van der Waals surface area contributed by atoms with Crippen LogP contribution in [0, 0.1) is 19.8 Å². The molecule has 3 aromatic carbocycles. The van der Waals surface area contributed by atoms with Gasteiger partial charge in [0.25, 0.3) is 10.0 Å². The Labute approximate surface area is 240 Å². The van der Waals surface area contributed by atoms with Gasteiger partial charge in [-0.2, -0.15) is 0 Å². The van der Waals surface area contributed by atoms with Crippen molar-refractivity contribution < 1.29 is 18.0 Å². The molecule has 1 N–H and O–H groups in total. The van der Waals surface area contributed by atoms with E-state index in [1.54, 1.807) is 31.2 Å². The lowest BCUT2D eigenvalue weighted by atomic mass is 10.1. The minimum Gasteiger partial charge on any atom is -0.354 e. The molecule has 7 nitrogen and oxygen atoms in total. The third-order valence-corrected chi connectivity index (χ3v) is 8.65. The molecule has 1 unspecified atom stereocenters. The van der Waals surface area contributed by atoms with Gasteiger partial charge in [-0.25, -0.2) is 8.42 Å². The predicted molar refractivity (Wildman–Crippen MR) is 159 cm³/mol. The molecule has 0 aliphatic carbocycles. The van der Waals surface area contributed by atoms with Crippen LogP contribution in [0.15, 0.2) is 82.2 Å². The molecular weight excluding hydrogens is 578 g/mol. The van der Waals surface area contributed by atoms with Crippen molar-refractivity contribution in [1.82, 2.24) is 10.2 Å². The first-order valence-corrected chi connectivity index (χ1v) is 15.1. The van der Waals surface area contributed by atoms with E-state index in [2.05, 4.69) is 21.2 Å². The molecule has 39 heavy (non-hydrogen) atoms. The van der Waals surface area contributed by atoms with Crippen LogP contribution >= 0.6 is 15.9 Å². The van der Waals surface area contributed by atoms with Crippen LogP contribution in [0.2, 0.25) is 0 Å². The van der Waals surface area contributed by atoms with Gasteiger partial charge in [0.1, 0.15) is 12.6 Å². The Morgan fingerprint density at radius 3 is 2.15 bits per heavy atom. The van der Waals surface area contributed by atoms with E-state index in [1.165, 1.54) is 17.0 Å². The molecule has 0 heterocycles. The van der Waals surface area contributed by atoms with Gasteiger partial charge < -0.3 is 10.2 Å². The summed E-state index contributed by atoms with van der Waals surface area (Å²) in [5.74, 6) is -0.532. The number of sulfonamides is 1. The summed E-state index contributed by atoms with van der Waals surface area (Å²) in [5.41, 5.74) is 2.94. The van der Waals surface area contributed by atoms with E-state index in [4.69, 9.17) is 0 Å². The maximum Gasteiger partial charge on any atom is 0.264 e. The van der Waals surface area contributed by atoms with Gasteiger partial charge in [0, 0.05) is 17.6 Å². The summed E-state index contributed by atoms with van der Waals surface area (Å²) in [5, 5.41) is 2.90. The molecule has 0 fully saturated rings. The topological polar surface area (TPSA) is 86.8 Å². The molecule has 0 aliphatic heterocycles. The van der Waals surface area contributed by atoms with Crippen molar-refractivity contribution in [3.8, 4) is 0 Å². The quantitative estimate of drug-likeness (QED) is 0.311. The fourth-order valence-corrected chi connectivity index (χ4v) is 5.90. The number of amides is 2. The van der Waals surface area contributed by atoms with E-state index < -0.39 is 28.5 Å². The Hall–Kier alpha value is -3.17. The average Bonchev–Trinajstić information content (AvgIpc) is 2.90. The summed E-state index contributed by atoms with van der Waals surface area (Å²) in [6.07, 6.45) is 0. The van der Waals surface area contributed by atoms with Crippen molar-refractivity contribution in [2.75, 3.05) is 17.4 Å². The second kappa shape index (κ2) is 13.3. The van der Waals surface area contributed by atoms with Gasteiger partial charge in [0.2, 0.25) is 11.8 Å². The zero-order valence-corrected chi connectivity index (χ0v) is 25.4. The molecule has 1 atom stereocenters. The number of carbonyl (C=O) groups excluding carboxylic acids is 2. The Morgan fingerprint density at radius 2 is 1.56 bits per heavy atom. The number of nitrogens with one attached hydrogen (secondary N) is 1. The SMILES string of the molecule is Cc1ccc(N(CC(=O)N(Cc2ccc(Br)cc2)C(C)C(=O)NCC(C)C)S(=O)(=O)c2ccccc2)c(C)c1. The maximum absolute atomic E-state index is 14.0. The summed E-state index contributed by atoms with van der Waals surface area (Å²) in [7, 11) is -4.08. The normalized spacial score (nSPS) is 12.2. The van der Waals surface area contributed by atoms with E-state index in [0.29, 0.717) is 12.2 Å². The van der Waals surface area contributed by atoms with E-state index in [0.717, 1.165) is 25.5 Å². The smallest absolute Gasteiger partial charge is 0.264 e. The highest BCUT2D eigenvalue weighted by Gasteiger charge is 2.33. The number of aryl methyl sites for hydroxylation is 2. The second-order valence-electron chi connectivity index (χ2n) is 10.1. The summed E-state index contributed by atoms with van der Waals surface area (Å²) < 4.78 is 29.8. The summed E-state index contributed by atoms with van der Waals surface area (Å²) in [6, 6.07) is 20.1. The van der Waals surface area contributed by atoms with E-state index in [1.807, 2.05) is 64.1 Å². The molecule has 0 aromatic heterocycles. The van der Waals surface area contributed by atoms with Gasteiger partial charge >= 0.3 is 0 Å². The molecule has 0 saturated carbocycles. The highest BCUT2D eigenvalue weighted by molar-refractivity contribution is 9.10. The Kier molecular flexibility index (Phi) is 10.3. The van der Waals surface area contributed by atoms with Crippen LogP contribution < -0.4 is 9.62 Å². The number of hydrogen-bond acceptors (Lipinski definition) is 4. The summed E-state index contributed by atoms with van der Waals surface area (Å²) in [4.78, 5) is 28.6. The number of nitrogens with zero attached hydrogens (tertiary/aromatic N) is 2. The van der Waals surface area contributed by atoms with Gasteiger partial charge in [0.05, 0.1) is 10.6 Å². The molecule has 2 amide bonds. The van der Waals surface area contributed by atoms with Gasteiger partial charge in [-0.05, 0) is 68.1 Å². The molecule has 208 valence electrons. The first-order chi connectivity index (χ1) is 18.4. The van der Waals surface area contributed by atoms with Crippen LogP contribution in [-0.2, 0) is 26.2 Å². The van der Waals surface area contributed by atoms with Gasteiger partial charge in [-0.3, -0.25) is 13.9 Å². The lowest BCUT2D eigenvalue weighted by Gasteiger charge is -2.32. The molecule has 0 spiro atoms. The third-order valence-electron chi connectivity index (χ3n) is 6.35. The summed E-state index contributed by atoms with van der Waals surface area (Å²) >= 11 is 3.42. The maximum atomic E-state index is 14.0. The number of halogens is 1. The first-order valence-electron chi connectivity index (χ1n) is 12.9. The van der Waals surface area contributed by atoms with Crippen LogP contribution in [0.3, 0.4) is 0 Å². The monoisotopic (exact) mass is 613 g/mol. The number of carbonyl (C=O) groups is 2. The molecule has 3 rings (SSSR count). The lowest BCUT2D eigenvalue weighted by molar-refractivity contribution is -0.139. The molecule has 0 aliphatic rings. The fourth-order valence-electron chi connectivity index (χ4n) is 4.14. The minimum atomic E-state index is -4.08. The van der Waals surface area contributed by atoms with Gasteiger partial charge in [-0.15, -0.1) is 0 Å². The van der Waals surface area contributed by atoms with Crippen molar-refractivity contribution in [2.24, 2.45) is 5.92 Å². The number of hydrogen-bond donors (Lipinski definition) is 1. The molecule has 0 radical (unpaired) electrons. The van der Waals surface area contributed by atoms with Crippen LogP contribution in [0.5, 0.6) is 0 Å². The van der Waals surface area contributed by atoms with Crippen LogP contribution in [0.1, 0.15) is 37.5 Å². The highest BCUT2D eigenvalue weighted by atomic mass is 79.9. The Balaban J connectivity index is 2.03. The summed E-state index contributed by atoms with van der Waals surface area (Å²) in [6.45, 7) is 9.56. The second-order valence-corrected chi connectivity index (χ2v) is 12.9. The minimum absolute atomic E-state index is 0.0833. The van der Waals surface area contributed by atoms with Gasteiger partial charge in [0.15, 0.2) is 0 Å². The molecular formula is C30H36BrN3O4S. The van der Waals surface area contributed by atoms with Gasteiger partial charge in [-0.1, -0.05) is 77.8 Å². The predicted octanol–water partition coefficient (Wildman–Crippen LogP) is 5.45. The van der Waals surface area contributed by atoms with Crippen molar-refractivity contribution >= 4 is 43.5 Å². The van der Waals surface area contributed by atoms with E-state index in [-0.39, 0.29) is 23.3 Å². The van der Waals surface area contributed by atoms with E-state index in [9.17, 15) is 18.0 Å². The molecule has 0 saturated heterocycles. The largest absolute Gasteiger partial charge is 0.354 e. The first kappa shape index (κ1) is 30.4. The molecule has 3 aromatic rings. The van der Waals surface area contributed by atoms with Crippen molar-refractivity contribution in [3.05, 3.63) is 94.0 Å². The average molecular weight is 615 g/mol. The molecule has 0 bridgehead atoms. The zero-order valence-electron chi connectivity index (χ0n) is 23.0. The fraction of sp³-hybridized carbons (Fsp3) is 0.333. The molecule has 9 heteroatoms. The Bertz CT molecular complexity index is 1390. The van der Waals surface area contributed by atoms with Crippen LogP contribution in [-0.4, -0.2) is 44.3 Å². The number of anilines is 1. The van der Waals surface area contributed by atoms with Crippen molar-refractivity contribution in [2.45, 2.75) is 52.1 Å². The third kappa shape index (κ3) is 7.92. The lowest BCUT2D eigenvalue weighted by Crippen LogP contribution is -2.51. The van der Waals surface area contributed by atoms with E-state index >= 15 is 0 Å². The Morgan fingerprint density at radius 1 is 0.923 bits per heavy atom. The van der Waals surface area contributed by atoms with Crippen LogP contribution in [0.4, 0.5) is 5.69 Å². The highest BCUT2D eigenvalue weighted by Crippen LogP contribution is 2.28. The number of benzene rings is 3. The number of rotatable bonds is 11. The van der Waals surface area contributed by atoms with Crippen molar-refractivity contribution in [3.63, 3.8) is 0 Å². The van der Waals surface area contributed by atoms with Crippen molar-refractivity contribution in [1.29, 1.82) is 0 Å². The van der Waals surface area contributed by atoms with Crippen LogP contribution in [0.25, 0.3) is 0 Å². The zero-order chi connectivity index (χ0) is 28.7. The standard InChI is InChI=1S/C30H36BrN3O4S/c1-21(2)18-32-30(36)24(5)33(19-25-12-14-26(31)15-13-25)29(35)20-34(28-16-11-22(3)17-23(28)4)39(37,38)27-9-7-6-8-10-27/h6-17,21,24H,18-20H2,1-5H3,(H,32,36).